The van der Waals surface area contributed by atoms with Gasteiger partial charge in [0, 0.05) is 25.1 Å². The van der Waals surface area contributed by atoms with Crippen molar-refractivity contribution in [1.82, 2.24) is 20.0 Å². The van der Waals surface area contributed by atoms with E-state index in [0.717, 1.165) is 12.0 Å². The van der Waals surface area contributed by atoms with Crippen molar-refractivity contribution in [3.05, 3.63) is 82.2 Å². The first kappa shape index (κ1) is 20.5. The van der Waals surface area contributed by atoms with Crippen LogP contribution in [0.3, 0.4) is 0 Å². The van der Waals surface area contributed by atoms with Crippen LogP contribution in [0.25, 0.3) is 22.4 Å². The van der Waals surface area contributed by atoms with Gasteiger partial charge >= 0.3 is 0 Å². The van der Waals surface area contributed by atoms with Gasteiger partial charge in [0.05, 0.1) is 6.33 Å². The lowest BCUT2D eigenvalue weighted by Crippen LogP contribution is -2.27. The van der Waals surface area contributed by atoms with E-state index in [9.17, 15) is 14.0 Å². The number of carbonyl (C=O) groups is 1. The second-order valence-corrected chi connectivity index (χ2v) is 7.16. The Kier molecular flexibility index (Phi) is 5.88. The average molecular weight is 420 g/mol. The number of benzene rings is 2. The zero-order valence-electron chi connectivity index (χ0n) is 17.0. The molecule has 0 fully saturated rings. The molecule has 4 rings (SSSR count). The van der Waals surface area contributed by atoms with Crippen LogP contribution >= 0.6 is 0 Å². The van der Waals surface area contributed by atoms with Gasteiger partial charge in [-0.2, -0.15) is 0 Å². The average Bonchev–Trinajstić information content (AvgIpc) is 3.22. The maximum atomic E-state index is 13.2. The standard InChI is InChI=1S/C23H21FN4O3/c1-2-15-6-8-17(9-7-15)20-21-22(31-27-20)23(30)28(14-26-21)11-10-19(29)25-13-16-4-3-5-18(24)12-16/h3-9,12,14H,2,10-11,13H2,1H3,(H,25,29). The predicted octanol–water partition coefficient (Wildman–Crippen LogP) is 3.46. The van der Waals surface area contributed by atoms with Gasteiger partial charge in [0.15, 0.2) is 0 Å². The molecule has 0 bridgehead atoms. The highest BCUT2D eigenvalue weighted by atomic mass is 19.1. The van der Waals surface area contributed by atoms with Crippen LogP contribution in [-0.4, -0.2) is 20.6 Å². The smallest absolute Gasteiger partial charge is 0.299 e. The van der Waals surface area contributed by atoms with Crippen molar-refractivity contribution in [2.45, 2.75) is 32.9 Å². The SMILES string of the molecule is CCc1ccc(-c2noc3c(=O)n(CCC(=O)NCc4cccc(F)c4)cnc23)cc1. The highest BCUT2D eigenvalue weighted by Crippen LogP contribution is 2.24. The Hall–Kier alpha value is -3.81. The number of halogens is 1. The minimum Gasteiger partial charge on any atom is -0.352 e. The van der Waals surface area contributed by atoms with Crippen molar-refractivity contribution < 1.29 is 13.7 Å². The molecule has 1 amide bonds. The van der Waals surface area contributed by atoms with Gasteiger partial charge in [0.2, 0.25) is 5.91 Å². The number of nitrogens with zero attached hydrogens (tertiary/aromatic N) is 3. The van der Waals surface area contributed by atoms with Gasteiger partial charge in [-0.15, -0.1) is 0 Å². The van der Waals surface area contributed by atoms with E-state index >= 15 is 0 Å². The summed E-state index contributed by atoms with van der Waals surface area (Å²) >= 11 is 0. The quantitative estimate of drug-likeness (QED) is 0.495. The maximum absolute atomic E-state index is 13.2. The molecule has 2 aromatic heterocycles. The normalized spacial score (nSPS) is 11.0. The number of carbonyl (C=O) groups excluding carboxylic acids is 1. The Balaban J connectivity index is 1.44. The van der Waals surface area contributed by atoms with E-state index in [1.807, 2.05) is 24.3 Å². The van der Waals surface area contributed by atoms with E-state index in [1.54, 1.807) is 12.1 Å². The van der Waals surface area contributed by atoms with Gasteiger partial charge < -0.3 is 9.84 Å². The first-order valence-electron chi connectivity index (χ1n) is 10.0. The van der Waals surface area contributed by atoms with E-state index in [4.69, 9.17) is 4.52 Å². The summed E-state index contributed by atoms with van der Waals surface area (Å²) in [6, 6.07) is 13.9. The first-order chi connectivity index (χ1) is 15.0. The van der Waals surface area contributed by atoms with E-state index in [-0.39, 0.29) is 36.8 Å². The molecule has 8 heteroatoms. The molecular weight excluding hydrogens is 399 g/mol. The monoisotopic (exact) mass is 420 g/mol. The van der Waals surface area contributed by atoms with Gasteiger partial charge in [-0.3, -0.25) is 14.2 Å². The number of hydrogen-bond acceptors (Lipinski definition) is 5. The molecule has 0 spiro atoms. The van der Waals surface area contributed by atoms with Crippen molar-refractivity contribution >= 4 is 17.0 Å². The third-order valence-corrected chi connectivity index (χ3v) is 5.04. The van der Waals surface area contributed by atoms with Crippen LogP contribution < -0.4 is 10.9 Å². The summed E-state index contributed by atoms with van der Waals surface area (Å²) in [5, 5.41) is 6.74. The van der Waals surface area contributed by atoms with Gasteiger partial charge in [0.1, 0.15) is 17.0 Å². The molecule has 0 atom stereocenters. The first-order valence-corrected chi connectivity index (χ1v) is 10.0. The van der Waals surface area contributed by atoms with E-state index in [2.05, 4.69) is 22.4 Å². The molecule has 0 aliphatic carbocycles. The third-order valence-electron chi connectivity index (χ3n) is 5.04. The zero-order valence-corrected chi connectivity index (χ0v) is 17.0. The lowest BCUT2D eigenvalue weighted by molar-refractivity contribution is -0.121. The molecule has 0 unspecified atom stereocenters. The number of aryl methyl sites for hydroxylation is 2. The van der Waals surface area contributed by atoms with Crippen molar-refractivity contribution in [3.63, 3.8) is 0 Å². The molecule has 2 aromatic carbocycles. The number of hydrogen-bond donors (Lipinski definition) is 1. The summed E-state index contributed by atoms with van der Waals surface area (Å²) < 4.78 is 19.8. The molecule has 4 aromatic rings. The van der Waals surface area contributed by atoms with Gasteiger partial charge in [0.25, 0.3) is 11.1 Å². The molecule has 1 N–H and O–H groups in total. The number of aromatic nitrogens is 3. The Morgan fingerprint density at radius 2 is 1.97 bits per heavy atom. The number of fused-ring (bicyclic) bond motifs is 1. The van der Waals surface area contributed by atoms with Gasteiger partial charge in [-0.1, -0.05) is 48.5 Å². The van der Waals surface area contributed by atoms with Crippen molar-refractivity contribution in [2.24, 2.45) is 0 Å². The van der Waals surface area contributed by atoms with E-state index in [1.165, 1.54) is 28.6 Å². The second-order valence-electron chi connectivity index (χ2n) is 7.16. The van der Waals surface area contributed by atoms with Crippen LogP contribution in [0.4, 0.5) is 4.39 Å². The topological polar surface area (TPSA) is 90.0 Å². The lowest BCUT2D eigenvalue weighted by atomic mass is 10.1. The zero-order chi connectivity index (χ0) is 21.8. The van der Waals surface area contributed by atoms with Crippen LogP contribution in [0.1, 0.15) is 24.5 Å². The van der Waals surface area contributed by atoms with Gasteiger partial charge in [-0.05, 0) is 29.7 Å². The summed E-state index contributed by atoms with van der Waals surface area (Å²) in [6.45, 7) is 2.43. The van der Waals surface area contributed by atoms with E-state index in [0.29, 0.717) is 16.8 Å². The van der Waals surface area contributed by atoms with Crippen LogP contribution in [0.2, 0.25) is 0 Å². The molecule has 0 saturated carbocycles. The molecule has 31 heavy (non-hydrogen) atoms. The second kappa shape index (κ2) is 8.91. The number of amides is 1. The molecule has 0 aliphatic heterocycles. The highest BCUT2D eigenvalue weighted by molar-refractivity contribution is 5.87. The summed E-state index contributed by atoms with van der Waals surface area (Å²) in [6.07, 6.45) is 2.39. The molecule has 0 aliphatic rings. The molecule has 7 nitrogen and oxygen atoms in total. The summed E-state index contributed by atoms with van der Waals surface area (Å²) in [4.78, 5) is 29.2. The minimum absolute atomic E-state index is 0.0530. The van der Waals surface area contributed by atoms with Crippen LogP contribution in [0, 0.1) is 5.82 Å². The maximum Gasteiger partial charge on any atom is 0.299 e. The Bertz CT molecular complexity index is 1280. The van der Waals surface area contributed by atoms with Crippen LogP contribution in [0.15, 0.2) is 64.2 Å². The molecule has 0 radical (unpaired) electrons. The fraction of sp³-hybridized carbons (Fsp3) is 0.217. The predicted molar refractivity (Wildman–Crippen MR) is 114 cm³/mol. The Labute approximate surface area is 177 Å². The van der Waals surface area contributed by atoms with Crippen molar-refractivity contribution in [3.8, 4) is 11.3 Å². The summed E-state index contributed by atoms with van der Waals surface area (Å²) in [5.74, 6) is -0.615. The van der Waals surface area contributed by atoms with Crippen LogP contribution in [0.5, 0.6) is 0 Å². The molecular formula is C23H21FN4O3. The highest BCUT2D eigenvalue weighted by Gasteiger charge is 2.16. The Morgan fingerprint density at radius 1 is 1.16 bits per heavy atom. The Morgan fingerprint density at radius 3 is 2.71 bits per heavy atom. The third kappa shape index (κ3) is 4.53. The fourth-order valence-corrected chi connectivity index (χ4v) is 3.26. The fourth-order valence-electron chi connectivity index (χ4n) is 3.26. The van der Waals surface area contributed by atoms with E-state index < -0.39 is 5.56 Å². The lowest BCUT2D eigenvalue weighted by Gasteiger charge is -2.07. The summed E-state index contributed by atoms with van der Waals surface area (Å²) in [5.41, 5.74) is 3.23. The van der Waals surface area contributed by atoms with Crippen LogP contribution in [-0.2, 0) is 24.3 Å². The number of nitrogens with one attached hydrogen (secondary N) is 1. The number of rotatable bonds is 7. The molecule has 158 valence electrons. The largest absolute Gasteiger partial charge is 0.352 e. The minimum atomic E-state index is -0.396. The van der Waals surface area contributed by atoms with Crippen molar-refractivity contribution in [2.75, 3.05) is 0 Å². The van der Waals surface area contributed by atoms with Crippen molar-refractivity contribution in [1.29, 1.82) is 0 Å². The van der Waals surface area contributed by atoms with Gasteiger partial charge in [-0.25, -0.2) is 9.37 Å². The summed E-state index contributed by atoms with van der Waals surface area (Å²) in [7, 11) is 0. The molecule has 2 heterocycles. The molecule has 0 saturated heterocycles.